The highest BCUT2D eigenvalue weighted by atomic mass is 16.2. The molecule has 0 saturated carbocycles. The molecule has 0 spiro atoms. The van der Waals surface area contributed by atoms with Crippen LogP contribution in [0.1, 0.15) is 50.9 Å². The van der Waals surface area contributed by atoms with E-state index in [-0.39, 0.29) is 17.9 Å². The molecule has 2 fully saturated rings. The maximum Gasteiger partial charge on any atom is 0.322 e. The Morgan fingerprint density at radius 2 is 2.00 bits per heavy atom. The number of rotatable bonds is 5. The topological polar surface area (TPSA) is 87.2 Å². The van der Waals surface area contributed by atoms with Gasteiger partial charge in [0.15, 0.2) is 0 Å². The van der Waals surface area contributed by atoms with E-state index in [2.05, 4.69) is 32.4 Å². The first-order chi connectivity index (χ1) is 12.0. The van der Waals surface area contributed by atoms with E-state index in [1.807, 2.05) is 20.0 Å². The summed E-state index contributed by atoms with van der Waals surface area (Å²) in [5, 5.41) is 5.37. The van der Waals surface area contributed by atoms with E-state index in [9.17, 15) is 9.59 Å². The largest absolute Gasteiger partial charge is 0.356 e. The SMILES string of the molecule is CCCC1(C2CCN(c3nc(C)ncc3CC)CC2)NC(=O)NC1=O. The summed E-state index contributed by atoms with van der Waals surface area (Å²) in [6.07, 6.45) is 6.07. The summed E-state index contributed by atoms with van der Waals surface area (Å²) in [4.78, 5) is 35.4. The average molecular weight is 345 g/mol. The Kier molecular flexibility index (Phi) is 4.92. The van der Waals surface area contributed by atoms with E-state index in [0.717, 1.165) is 56.0 Å². The van der Waals surface area contributed by atoms with E-state index in [1.54, 1.807) is 0 Å². The minimum Gasteiger partial charge on any atom is -0.356 e. The van der Waals surface area contributed by atoms with Gasteiger partial charge >= 0.3 is 6.03 Å². The number of urea groups is 1. The summed E-state index contributed by atoms with van der Waals surface area (Å²) in [5.41, 5.74) is 0.409. The third-order valence-corrected chi connectivity index (χ3v) is 5.45. The Balaban J connectivity index is 1.76. The lowest BCUT2D eigenvalue weighted by atomic mass is 9.75. The van der Waals surface area contributed by atoms with Gasteiger partial charge in [0.25, 0.3) is 5.91 Å². The van der Waals surface area contributed by atoms with Crippen LogP contribution in [0.4, 0.5) is 10.6 Å². The minimum absolute atomic E-state index is 0.156. The van der Waals surface area contributed by atoms with Crippen molar-refractivity contribution in [1.82, 2.24) is 20.6 Å². The van der Waals surface area contributed by atoms with Crippen LogP contribution in [0.5, 0.6) is 0 Å². The van der Waals surface area contributed by atoms with E-state index in [4.69, 9.17) is 0 Å². The molecule has 0 aliphatic carbocycles. The van der Waals surface area contributed by atoms with E-state index in [1.165, 1.54) is 0 Å². The molecule has 7 heteroatoms. The van der Waals surface area contributed by atoms with Crippen LogP contribution in [0, 0.1) is 12.8 Å². The predicted octanol–water partition coefficient (Wildman–Crippen LogP) is 1.94. The Bertz CT molecular complexity index is 669. The molecular formula is C18H27N5O2. The summed E-state index contributed by atoms with van der Waals surface area (Å²) in [7, 11) is 0. The van der Waals surface area contributed by atoms with Crippen molar-refractivity contribution < 1.29 is 9.59 Å². The number of carbonyl (C=O) groups excluding carboxylic acids is 2. The maximum atomic E-state index is 12.5. The molecule has 1 unspecified atom stereocenters. The van der Waals surface area contributed by atoms with Gasteiger partial charge in [0.2, 0.25) is 0 Å². The van der Waals surface area contributed by atoms with Crippen LogP contribution in [0.3, 0.4) is 0 Å². The molecule has 3 amide bonds. The van der Waals surface area contributed by atoms with Crippen LogP contribution >= 0.6 is 0 Å². The maximum absolute atomic E-state index is 12.5. The van der Waals surface area contributed by atoms with E-state index >= 15 is 0 Å². The number of aromatic nitrogens is 2. The van der Waals surface area contributed by atoms with Gasteiger partial charge in [-0.2, -0.15) is 0 Å². The summed E-state index contributed by atoms with van der Waals surface area (Å²) in [6.45, 7) is 7.74. The molecule has 2 aliphatic rings. The minimum atomic E-state index is -0.743. The number of carbonyl (C=O) groups is 2. The Morgan fingerprint density at radius 3 is 2.56 bits per heavy atom. The van der Waals surface area contributed by atoms with Crippen LogP contribution in [0.25, 0.3) is 0 Å². The second-order valence-corrected chi connectivity index (χ2v) is 7.01. The second kappa shape index (κ2) is 6.98. The third-order valence-electron chi connectivity index (χ3n) is 5.45. The van der Waals surface area contributed by atoms with Crippen LogP contribution in [-0.4, -0.2) is 40.5 Å². The Morgan fingerprint density at radius 1 is 1.28 bits per heavy atom. The van der Waals surface area contributed by atoms with Crippen molar-refractivity contribution in [2.24, 2.45) is 5.92 Å². The number of anilines is 1. The number of hydrogen-bond donors (Lipinski definition) is 2. The highest BCUT2D eigenvalue weighted by Gasteiger charge is 2.51. The highest BCUT2D eigenvalue weighted by Crippen LogP contribution is 2.35. The quantitative estimate of drug-likeness (QED) is 0.797. The van der Waals surface area contributed by atoms with Crippen molar-refractivity contribution in [3.05, 3.63) is 17.6 Å². The van der Waals surface area contributed by atoms with Crippen molar-refractivity contribution in [2.75, 3.05) is 18.0 Å². The van der Waals surface area contributed by atoms with Gasteiger partial charge in [-0.3, -0.25) is 10.1 Å². The van der Waals surface area contributed by atoms with Crippen molar-refractivity contribution in [1.29, 1.82) is 0 Å². The van der Waals surface area contributed by atoms with Crippen LogP contribution in [0.15, 0.2) is 6.20 Å². The Labute approximate surface area is 148 Å². The van der Waals surface area contributed by atoms with Gasteiger partial charge in [0.05, 0.1) is 0 Å². The molecule has 3 heterocycles. The fourth-order valence-electron chi connectivity index (χ4n) is 4.16. The molecule has 1 atom stereocenters. The molecule has 1 aromatic heterocycles. The molecule has 0 radical (unpaired) electrons. The van der Waals surface area contributed by atoms with Gasteiger partial charge in [0.1, 0.15) is 17.2 Å². The number of imide groups is 1. The number of amides is 3. The van der Waals surface area contributed by atoms with Gasteiger partial charge in [-0.1, -0.05) is 20.3 Å². The second-order valence-electron chi connectivity index (χ2n) is 7.01. The van der Waals surface area contributed by atoms with Gasteiger partial charge in [-0.25, -0.2) is 14.8 Å². The Hall–Kier alpha value is -2.18. The number of nitrogens with one attached hydrogen (secondary N) is 2. The molecule has 1 aromatic rings. The summed E-state index contributed by atoms with van der Waals surface area (Å²) < 4.78 is 0. The number of nitrogens with zero attached hydrogens (tertiary/aromatic N) is 3. The molecule has 2 aliphatic heterocycles. The fourth-order valence-corrected chi connectivity index (χ4v) is 4.16. The lowest BCUT2D eigenvalue weighted by molar-refractivity contribution is -0.126. The lowest BCUT2D eigenvalue weighted by Gasteiger charge is -2.41. The number of aryl methyl sites for hydroxylation is 2. The van der Waals surface area contributed by atoms with E-state index < -0.39 is 5.54 Å². The van der Waals surface area contributed by atoms with E-state index in [0.29, 0.717) is 6.42 Å². The standard InChI is InChI=1S/C18H27N5O2/c1-4-8-18(16(24)21-17(25)22-18)14-6-9-23(10-7-14)15-13(5-2)11-19-12(3)20-15/h11,14H,4-10H2,1-3H3,(H2,21,22,24,25). The van der Waals surface area contributed by atoms with Crippen LogP contribution in [0.2, 0.25) is 0 Å². The first-order valence-corrected chi connectivity index (χ1v) is 9.21. The average Bonchev–Trinajstić information content (AvgIpc) is 2.90. The molecule has 3 rings (SSSR count). The predicted molar refractivity (Wildman–Crippen MR) is 95.4 cm³/mol. The zero-order chi connectivity index (χ0) is 18.0. The molecule has 0 bridgehead atoms. The van der Waals surface area contributed by atoms with Gasteiger partial charge in [0, 0.05) is 24.8 Å². The van der Waals surface area contributed by atoms with Crippen molar-refractivity contribution >= 4 is 17.8 Å². The van der Waals surface area contributed by atoms with Crippen molar-refractivity contribution in [3.63, 3.8) is 0 Å². The molecular weight excluding hydrogens is 318 g/mol. The summed E-state index contributed by atoms with van der Waals surface area (Å²) in [5.74, 6) is 1.78. The first-order valence-electron chi connectivity index (χ1n) is 9.21. The van der Waals surface area contributed by atoms with Crippen molar-refractivity contribution in [2.45, 2.75) is 58.4 Å². The molecule has 2 saturated heterocycles. The summed E-state index contributed by atoms with van der Waals surface area (Å²) >= 11 is 0. The molecule has 7 nitrogen and oxygen atoms in total. The third kappa shape index (κ3) is 3.19. The van der Waals surface area contributed by atoms with Gasteiger partial charge < -0.3 is 10.2 Å². The van der Waals surface area contributed by atoms with Crippen LogP contribution < -0.4 is 15.5 Å². The normalized spacial score (nSPS) is 24.4. The molecule has 25 heavy (non-hydrogen) atoms. The number of piperidine rings is 1. The summed E-state index contributed by atoms with van der Waals surface area (Å²) in [6, 6.07) is -0.361. The molecule has 0 aromatic carbocycles. The van der Waals surface area contributed by atoms with Crippen molar-refractivity contribution in [3.8, 4) is 0 Å². The fraction of sp³-hybridized carbons (Fsp3) is 0.667. The first kappa shape index (κ1) is 17.6. The molecule has 2 N–H and O–H groups in total. The van der Waals surface area contributed by atoms with Gasteiger partial charge in [-0.15, -0.1) is 0 Å². The lowest BCUT2D eigenvalue weighted by Crippen LogP contribution is -2.56. The van der Waals surface area contributed by atoms with Crippen LogP contribution in [-0.2, 0) is 11.2 Å². The smallest absolute Gasteiger partial charge is 0.322 e. The van der Waals surface area contributed by atoms with Gasteiger partial charge in [-0.05, 0) is 38.5 Å². The molecule has 136 valence electrons. The zero-order valence-corrected chi connectivity index (χ0v) is 15.3. The monoisotopic (exact) mass is 345 g/mol. The highest BCUT2D eigenvalue weighted by molar-refractivity contribution is 6.07. The zero-order valence-electron chi connectivity index (χ0n) is 15.3. The number of hydrogen-bond acceptors (Lipinski definition) is 5.